The van der Waals surface area contributed by atoms with E-state index in [2.05, 4.69) is 37.9 Å². The Morgan fingerprint density at radius 2 is 1.65 bits per heavy atom. The van der Waals surface area contributed by atoms with E-state index in [1.165, 1.54) is 38.9 Å². The van der Waals surface area contributed by atoms with E-state index in [1.807, 2.05) is 0 Å². The lowest BCUT2D eigenvalue weighted by Crippen LogP contribution is -2.37. The molecule has 0 aromatic carbocycles. The molecule has 1 aliphatic carbocycles. The van der Waals surface area contributed by atoms with Crippen LogP contribution in [0.15, 0.2) is 0 Å². The lowest BCUT2D eigenvalue weighted by Gasteiger charge is -2.29. The van der Waals surface area contributed by atoms with Gasteiger partial charge in [-0.3, -0.25) is 0 Å². The van der Waals surface area contributed by atoms with E-state index in [0.29, 0.717) is 0 Å². The number of likely N-dealkylation sites (tertiary alicyclic amines) is 1. The van der Waals surface area contributed by atoms with E-state index in [4.69, 9.17) is 0 Å². The van der Waals surface area contributed by atoms with Crippen molar-refractivity contribution in [2.24, 2.45) is 17.8 Å². The van der Waals surface area contributed by atoms with Crippen LogP contribution in [-0.2, 0) is 0 Å². The van der Waals surface area contributed by atoms with Crippen molar-refractivity contribution < 1.29 is 0 Å². The molecule has 2 fully saturated rings. The molecular weight excluding hydrogens is 208 g/mol. The third kappa shape index (κ3) is 3.96. The molecule has 1 unspecified atom stereocenters. The second-order valence-corrected chi connectivity index (χ2v) is 6.84. The fourth-order valence-corrected chi connectivity index (χ4v) is 3.21. The van der Waals surface area contributed by atoms with Gasteiger partial charge in [0.05, 0.1) is 0 Å². The summed E-state index contributed by atoms with van der Waals surface area (Å²) in [5.74, 6) is 2.48. The summed E-state index contributed by atoms with van der Waals surface area (Å²) in [6.07, 6.45) is 4.19. The van der Waals surface area contributed by atoms with Crippen molar-refractivity contribution in [3.63, 3.8) is 0 Å². The fraction of sp³-hybridized carbons (Fsp3) is 1.00. The van der Waals surface area contributed by atoms with Gasteiger partial charge in [-0.15, -0.1) is 0 Å². The van der Waals surface area contributed by atoms with Crippen LogP contribution in [0.5, 0.6) is 0 Å². The smallest absolute Gasteiger partial charge is 0.0209 e. The highest BCUT2D eigenvalue weighted by molar-refractivity contribution is 4.90. The fourth-order valence-electron chi connectivity index (χ4n) is 3.21. The van der Waals surface area contributed by atoms with Gasteiger partial charge in [0.1, 0.15) is 0 Å². The number of hydrogen-bond acceptors (Lipinski definition) is 2. The summed E-state index contributed by atoms with van der Waals surface area (Å²) in [5, 5.41) is 3.77. The van der Waals surface area contributed by atoms with Crippen LogP contribution in [0.3, 0.4) is 0 Å². The predicted molar refractivity (Wildman–Crippen MR) is 74.2 cm³/mol. The molecule has 1 aliphatic heterocycles. The Labute approximate surface area is 107 Å². The molecule has 100 valence electrons. The van der Waals surface area contributed by atoms with Crippen LogP contribution in [0.1, 0.15) is 47.0 Å². The molecular formula is C15H30N2. The van der Waals surface area contributed by atoms with Crippen molar-refractivity contribution in [2.45, 2.75) is 59.0 Å². The quantitative estimate of drug-likeness (QED) is 0.765. The largest absolute Gasteiger partial charge is 0.310 e. The second kappa shape index (κ2) is 5.71. The highest BCUT2D eigenvalue weighted by Gasteiger charge is 2.30. The number of nitrogens with one attached hydrogen (secondary N) is 1. The van der Waals surface area contributed by atoms with Crippen LogP contribution < -0.4 is 5.32 Å². The minimum Gasteiger partial charge on any atom is -0.310 e. The van der Waals surface area contributed by atoms with E-state index in [0.717, 1.165) is 29.8 Å². The zero-order valence-corrected chi connectivity index (χ0v) is 12.1. The third-order valence-corrected chi connectivity index (χ3v) is 4.50. The first-order valence-electron chi connectivity index (χ1n) is 7.54. The first-order valence-corrected chi connectivity index (χ1v) is 7.54. The Kier molecular flexibility index (Phi) is 4.48. The summed E-state index contributed by atoms with van der Waals surface area (Å²) in [6, 6.07) is 1.65. The normalized spacial score (nSPS) is 26.6. The first kappa shape index (κ1) is 13.4. The maximum absolute atomic E-state index is 3.77. The highest BCUT2D eigenvalue weighted by atomic mass is 15.2. The average molecular weight is 238 g/mol. The molecule has 2 rings (SSSR count). The summed E-state index contributed by atoms with van der Waals surface area (Å²) in [6.45, 7) is 13.4. The maximum Gasteiger partial charge on any atom is 0.0209 e. The average Bonchev–Trinajstić information content (AvgIpc) is 2.92. The van der Waals surface area contributed by atoms with Gasteiger partial charge in [0.25, 0.3) is 0 Å². The highest BCUT2D eigenvalue weighted by Crippen LogP contribution is 2.25. The molecule has 0 radical (unpaired) electrons. The van der Waals surface area contributed by atoms with Crippen molar-refractivity contribution >= 4 is 0 Å². The monoisotopic (exact) mass is 238 g/mol. The van der Waals surface area contributed by atoms with Crippen molar-refractivity contribution in [3.05, 3.63) is 0 Å². The van der Waals surface area contributed by atoms with Crippen molar-refractivity contribution in [1.82, 2.24) is 10.2 Å². The third-order valence-electron chi connectivity index (χ3n) is 4.50. The molecule has 1 atom stereocenters. The van der Waals surface area contributed by atoms with Crippen LogP contribution in [0.2, 0.25) is 0 Å². The SMILES string of the molecule is CC(C)C(CN1CCC(NC2CC2)C1)C(C)C. The summed E-state index contributed by atoms with van der Waals surface area (Å²) in [5.41, 5.74) is 0. The molecule has 2 aliphatic rings. The Balaban J connectivity index is 1.75. The summed E-state index contributed by atoms with van der Waals surface area (Å²) >= 11 is 0. The Hall–Kier alpha value is -0.0800. The van der Waals surface area contributed by atoms with E-state index in [9.17, 15) is 0 Å². The van der Waals surface area contributed by atoms with Gasteiger partial charge in [0.15, 0.2) is 0 Å². The van der Waals surface area contributed by atoms with E-state index < -0.39 is 0 Å². The van der Waals surface area contributed by atoms with Gasteiger partial charge in [0.2, 0.25) is 0 Å². The Morgan fingerprint density at radius 3 is 2.18 bits per heavy atom. The molecule has 2 heteroatoms. The van der Waals surface area contributed by atoms with Gasteiger partial charge < -0.3 is 10.2 Å². The van der Waals surface area contributed by atoms with Crippen molar-refractivity contribution in [3.8, 4) is 0 Å². The number of hydrogen-bond donors (Lipinski definition) is 1. The van der Waals surface area contributed by atoms with Crippen molar-refractivity contribution in [1.29, 1.82) is 0 Å². The molecule has 1 saturated carbocycles. The minimum atomic E-state index is 0.780. The zero-order valence-electron chi connectivity index (χ0n) is 12.1. The Morgan fingerprint density at radius 1 is 1.00 bits per heavy atom. The molecule has 2 nitrogen and oxygen atoms in total. The van der Waals surface area contributed by atoms with E-state index in [-0.39, 0.29) is 0 Å². The molecule has 0 aromatic heterocycles. The van der Waals surface area contributed by atoms with Crippen LogP contribution in [0.25, 0.3) is 0 Å². The molecule has 0 aromatic rings. The standard InChI is InChI=1S/C15H30N2/c1-11(2)15(12(3)4)10-17-8-7-14(9-17)16-13-5-6-13/h11-16H,5-10H2,1-4H3. The molecule has 0 amide bonds. The predicted octanol–water partition coefficient (Wildman–Crippen LogP) is 2.74. The lowest BCUT2D eigenvalue weighted by molar-refractivity contribution is 0.187. The van der Waals surface area contributed by atoms with E-state index in [1.54, 1.807) is 0 Å². The van der Waals surface area contributed by atoms with Crippen LogP contribution in [0.4, 0.5) is 0 Å². The lowest BCUT2D eigenvalue weighted by atomic mass is 9.85. The molecule has 1 heterocycles. The van der Waals surface area contributed by atoms with Gasteiger partial charge in [-0.05, 0) is 43.6 Å². The molecule has 17 heavy (non-hydrogen) atoms. The Bertz CT molecular complexity index is 225. The van der Waals surface area contributed by atoms with Gasteiger partial charge in [0, 0.05) is 25.2 Å². The van der Waals surface area contributed by atoms with Gasteiger partial charge in [-0.1, -0.05) is 27.7 Å². The zero-order chi connectivity index (χ0) is 12.4. The molecule has 1 N–H and O–H groups in total. The minimum absolute atomic E-state index is 0.780. The topological polar surface area (TPSA) is 15.3 Å². The van der Waals surface area contributed by atoms with E-state index >= 15 is 0 Å². The van der Waals surface area contributed by atoms with Gasteiger partial charge in [-0.25, -0.2) is 0 Å². The molecule has 1 saturated heterocycles. The first-order chi connectivity index (χ1) is 8.06. The summed E-state index contributed by atoms with van der Waals surface area (Å²) in [4.78, 5) is 2.69. The summed E-state index contributed by atoms with van der Waals surface area (Å²) in [7, 11) is 0. The van der Waals surface area contributed by atoms with Crippen LogP contribution >= 0.6 is 0 Å². The molecule has 0 spiro atoms. The second-order valence-electron chi connectivity index (χ2n) is 6.84. The number of nitrogens with zero attached hydrogens (tertiary/aromatic N) is 1. The number of rotatable bonds is 6. The summed E-state index contributed by atoms with van der Waals surface area (Å²) < 4.78 is 0. The van der Waals surface area contributed by atoms with Crippen LogP contribution in [0, 0.1) is 17.8 Å². The van der Waals surface area contributed by atoms with Gasteiger partial charge >= 0.3 is 0 Å². The van der Waals surface area contributed by atoms with Gasteiger partial charge in [-0.2, -0.15) is 0 Å². The maximum atomic E-state index is 3.77. The molecule has 0 bridgehead atoms. The van der Waals surface area contributed by atoms with Crippen LogP contribution in [-0.4, -0.2) is 36.6 Å². The van der Waals surface area contributed by atoms with Crippen molar-refractivity contribution in [2.75, 3.05) is 19.6 Å².